The Morgan fingerprint density at radius 1 is 0.966 bits per heavy atom. The quantitative estimate of drug-likeness (QED) is 0.281. The Morgan fingerprint density at radius 2 is 1.48 bits per heavy atom. The van der Waals surface area contributed by atoms with Crippen LogP contribution in [0.15, 0.2) is 23.4 Å². The molecule has 0 saturated carbocycles. The van der Waals surface area contributed by atoms with Crippen molar-refractivity contribution >= 4 is 23.8 Å². The smallest absolute Gasteiger partial charge is 0.408 e. The number of nitrogens with two attached hydrogens (primary N) is 1. The van der Waals surface area contributed by atoms with Crippen molar-refractivity contribution in [3.8, 4) is 0 Å². The van der Waals surface area contributed by atoms with Gasteiger partial charge in [-0.1, -0.05) is 0 Å². The summed E-state index contributed by atoms with van der Waals surface area (Å²) in [6, 6.07) is -1.27. The fraction of sp³-hybridized carbons (Fsp3) is 0.600. The van der Waals surface area contributed by atoms with E-state index in [1.54, 1.807) is 41.5 Å². The fourth-order valence-electron chi connectivity index (χ4n) is 1.93. The Labute approximate surface area is 171 Å². The molecule has 1 amide bonds. The molecular formula is C20H32N2O7. The predicted molar refractivity (Wildman–Crippen MR) is 107 cm³/mol. The van der Waals surface area contributed by atoms with Gasteiger partial charge < -0.3 is 25.3 Å². The number of ketones is 1. The molecule has 0 spiro atoms. The van der Waals surface area contributed by atoms with Gasteiger partial charge in [0.1, 0.15) is 17.2 Å². The summed E-state index contributed by atoms with van der Waals surface area (Å²) < 4.78 is 15.0. The van der Waals surface area contributed by atoms with Crippen LogP contribution in [0.4, 0.5) is 4.79 Å². The minimum Gasteiger partial charge on any atom is -0.465 e. The van der Waals surface area contributed by atoms with Crippen LogP contribution in [-0.4, -0.2) is 48.2 Å². The second-order valence-corrected chi connectivity index (χ2v) is 8.32. The summed E-state index contributed by atoms with van der Waals surface area (Å²) in [5.41, 5.74) is 4.18. The van der Waals surface area contributed by atoms with Crippen LogP contribution in [0.3, 0.4) is 0 Å². The minimum absolute atomic E-state index is 0.00905. The molecule has 0 aromatic heterocycles. The van der Waals surface area contributed by atoms with Gasteiger partial charge in [0.25, 0.3) is 0 Å². The molecule has 0 aromatic carbocycles. The molecule has 0 aliphatic heterocycles. The first-order valence-electron chi connectivity index (χ1n) is 9.03. The van der Waals surface area contributed by atoms with Crippen LogP contribution in [0.5, 0.6) is 0 Å². The molecule has 164 valence electrons. The lowest BCUT2D eigenvalue weighted by Gasteiger charge is -2.25. The van der Waals surface area contributed by atoms with Gasteiger partial charge in [-0.15, -0.1) is 0 Å². The van der Waals surface area contributed by atoms with E-state index in [9.17, 15) is 19.2 Å². The van der Waals surface area contributed by atoms with Crippen LogP contribution in [0.25, 0.3) is 0 Å². The van der Waals surface area contributed by atoms with Gasteiger partial charge in [0.05, 0.1) is 12.7 Å². The minimum atomic E-state index is -1.27. The highest BCUT2D eigenvalue weighted by Crippen LogP contribution is 2.12. The molecule has 29 heavy (non-hydrogen) atoms. The highest BCUT2D eigenvalue weighted by Gasteiger charge is 2.30. The average molecular weight is 412 g/mol. The Morgan fingerprint density at radius 3 is 1.90 bits per heavy atom. The van der Waals surface area contributed by atoms with E-state index in [2.05, 4.69) is 10.1 Å². The average Bonchev–Trinajstić information content (AvgIpc) is 2.50. The highest BCUT2D eigenvalue weighted by molar-refractivity contribution is 5.98. The van der Waals surface area contributed by atoms with E-state index in [1.165, 1.54) is 20.1 Å². The second kappa shape index (κ2) is 10.6. The summed E-state index contributed by atoms with van der Waals surface area (Å²) in [5, 5.41) is 2.35. The van der Waals surface area contributed by atoms with E-state index in [0.29, 0.717) is 0 Å². The summed E-state index contributed by atoms with van der Waals surface area (Å²) in [7, 11) is 1.18. The Hall–Kier alpha value is -2.84. The number of carbonyl (C=O) groups excluding carboxylic acids is 4. The summed E-state index contributed by atoms with van der Waals surface area (Å²) in [4.78, 5) is 48.5. The first-order valence-corrected chi connectivity index (χ1v) is 9.03. The van der Waals surface area contributed by atoms with Crippen molar-refractivity contribution in [2.45, 2.75) is 72.1 Å². The van der Waals surface area contributed by atoms with E-state index in [4.69, 9.17) is 15.2 Å². The number of esters is 2. The third kappa shape index (κ3) is 11.6. The number of rotatable bonds is 7. The van der Waals surface area contributed by atoms with Crippen molar-refractivity contribution in [1.29, 1.82) is 0 Å². The van der Waals surface area contributed by atoms with Gasteiger partial charge in [-0.2, -0.15) is 0 Å². The monoisotopic (exact) mass is 412 g/mol. The van der Waals surface area contributed by atoms with E-state index >= 15 is 0 Å². The molecule has 0 bridgehead atoms. The molecule has 9 heteroatoms. The zero-order chi connectivity index (χ0) is 23.0. The number of hydrogen-bond acceptors (Lipinski definition) is 8. The first kappa shape index (κ1) is 26.2. The normalized spacial score (nSPS) is 13.9. The molecule has 0 unspecified atom stereocenters. The molecule has 0 aromatic rings. The van der Waals surface area contributed by atoms with E-state index in [-0.39, 0.29) is 11.3 Å². The van der Waals surface area contributed by atoms with Crippen LogP contribution in [0.2, 0.25) is 0 Å². The van der Waals surface area contributed by atoms with Gasteiger partial charge in [0.2, 0.25) is 0 Å². The van der Waals surface area contributed by atoms with Gasteiger partial charge in [-0.3, -0.25) is 4.79 Å². The van der Waals surface area contributed by atoms with Gasteiger partial charge in [0, 0.05) is 12.1 Å². The Balaban J connectivity index is 5.43. The molecule has 9 nitrogen and oxygen atoms in total. The molecule has 1 atom stereocenters. The molecule has 3 N–H and O–H groups in total. The number of carbonyl (C=O) groups is 4. The molecule has 0 heterocycles. The summed E-state index contributed by atoms with van der Waals surface area (Å²) in [5.74, 6) is -2.03. The maximum atomic E-state index is 12.4. The third-order valence-corrected chi connectivity index (χ3v) is 3.05. The lowest BCUT2D eigenvalue weighted by molar-refractivity contribution is -0.158. The highest BCUT2D eigenvalue weighted by atomic mass is 16.6. The van der Waals surface area contributed by atoms with Crippen LogP contribution >= 0.6 is 0 Å². The Bertz CT molecular complexity index is 691. The summed E-state index contributed by atoms with van der Waals surface area (Å²) >= 11 is 0. The van der Waals surface area contributed by atoms with Crippen LogP contribution in [-0.2, 0) is 28.6 Å². The molecule has 0 aliphatic rings. The van der Waals surface area contributed by atoms with Crippen molar-refractivity contribution in [2.24, 2.45) is 5.73 Å². The topological polar surface area (TPSA) is 134 Å². The van der Waals surface area contributed by atoms with Crippen molar-refractivity contribution in [3.05, 3.63) is 23.4 Å². The molecule has 0 saturated heterocycles. The molecule has 0 fully saturated rings. The molecular weight excluding hydrogens is 380 g/mol. The van der Waals surface area contributed by atoms with E-state index in [1.807, 2.05) is 0 Å². The number of nitrogens with one attached hydrogen (secondary N) is 1. The van der Waals surface area contributed by atoms with Crippen molar-refractivity contribution < 1.29 is 33.4 Å². The standard InChI is InChI=1S/C20H32N2O7/c1-12(21)14(16(24)27-8)10-9-13(23)11-15(17(25)28-19(2,3)4)22-18(26)29-20(5,6)7/h9-10,15H,11,21H2,1-8H3,(H,22,26)/b10-9+,14-12-/t15-/m0/s1. The number of amides is 1. The van der Waals surface area contributed by atoms with Crippen LogP contribution < -0.4 is 11.1 Å². The molecule has 0 radical (unpaired) electrons. The van der Waals surface area contributed by atoms with Crippen LogP contribution in [0.1, 0.15) is 54.9 Å². The van der Waals surface area contributed by atoms with Gasteiger partial charge >= 0.3 is 18.0 Å². The van der Waals surface area contributed by atoms with Crippen molar-refractivity contribution in [2.75, 3.05) is 7.11 Å². The van der Waals surface area contributed by atoms with Gasteiger partial charge in [-0.25, -0.2) is 14.4 Å². The van der Waals surface area contributed by atoms with Crippen molar-refractivity contribution in [1.82, 2.24) is 5.32 Å². The van der Waals surface area contributed by atoms with E-state index < -0.39 is 47.5 Å². The number of allylic oxidation sites excluding steroid dienone is 2. The molecule has 0 aliphatic carbocycles. The maximum absolute atomic E-state index is 12.4. The van der Waals surface area contributed by atoms with Crippen molar-refractivity contribution in [3.63, 3.8) is 0 Å². The SMILES string of the molecule is COC(=O)C(/C=C/C(=O)C[C@H](NC(=O)OC(C)(C)C)C(=O)OC(C)(C)C)=C(/C)N. The zero-order valence-electron chi connectivity index (χ0n) is 18.4. The largest absolute Gasteiger partial charge is 0.465 e. The molecule has 0 rings (SSSR count). The predicted octanol–water partition coefficient (Wildman–Crippen LogP) is 2.14. The van der Waals surface area contributed by atoms with Gasteiger partial charge in [-0.05, 0) is 60.6 Å². The second-order valence-electron chi connectivity index (χ2n) is 8.32. The fourth-order valence-corrected chi connectivity index (χ4v) is 1.93. The summed E-state index contributed by atoms with van der Waals surface area (Å²) in [6.45, 7) is 11.5. The Kier molecular flexibility index (Phi) is 9.59. The van der Waals surface area contributed by atoms with Crippen LogP contribution in [0, 0.1) is 0 Å². The van der Waals surface area contributed by atoms with Gasteiger partial charge in [0.15, 0.2) is 5.78 Å². The zero-order valence-corrected chi connectivity index (χ0v) is 18.4. The lowest BCUT2D eigenvalue weighted by Crippen LogP contribution is -2.46. The lowest BCUT2D eigenvalue weighted by atomic mass is 10.1. The summed E-state index contributed by atoms with van der Waals surface area (Å²) in [6.07, 6.45) is 1.01. The first-order chi connectivity index (χ1) is 13.1. The maximum Gasteiger partial charge on any atom is 0.408 e. The number of hydrogen-bond donors (Lipinski definition) is 2. The number of methoxy groups -OCH3 is 1. The number of ether oxygens (including phenoxy) is 3. The van der Waals surface area contributed by atoms with E-state index in [0.717, 1.165) is 6.08 Å². The number of alkyl carbamates (subject to hydrolysis) is 1. The third-order valence-electron chi connectivity index (χ3n) is 3.05.